The van der Waals surface area contributed by atoms with Crippen molar-refractivity contribution in [3.63, 3.8) is 0 Å². The van der Waals surface area contributed by atoms with Crippen LogP contribution in [-0.4, -0.2) is 44.4 Å². The number of benzene rings is 2. The van der Waals surface area contributed by atoms with Gasteiger partial charge in [-0.2, -0.15) is 0 Å². The summed E-state index contributed by atoms with van der Waals surface area (Å²) in [5, 5.41) is 6.11. The normalized spacial score (nSPS) is 13.8. The number of halogens is 1. The highest BCUT2D eigenvalue weighted by Crippen LogP contribution is 2.28. The number of aryl methyl sites for hydroxylation is 1. The summed E-state index contributed by atoms with van der Waals surface area (Å²) in [5.74, 6) is 0.194. The molecule has 0 radical (unpaired) electrons. The molecule has 28 heavy (non-hydrogen) atoms. The predicted octanol–water partition coefficient (Wildman–Crippen LogP) is 3.73. The maximum absolute atomic E-state index is 12.7. The van der Waals surface area contributed by atoms with Crippen molar-refractivity contribution in [1.82, 2.24) is 5.32 Å². The Morgan fingerprint density at radius 2 is 1.96 bits per heavy atom. The van der Waals surface area contributed by atoms with E-state index in [4.69, 9.17) is 21.7 Å². The fourth-order valence-corrected chi connectivity index (χ4v) is 3.93. The third-order valence-corrected chi connectivity index (χ3v) is 5.08. The van der Waals surface area contributed by atoms with Crippen LogP contribution < -0.4 is 20.3 Å². The number of carbonyl (C=O) groups excluding carboxylic acids is 1. The molecule has 0 spiro atoms. The molecule has 2 N–H and O–H groups in total. The molecule has 0 saturated carbocycles. The van der Waals surface area contributed by atoms with Crippen LogP contribution in [0, 0.1) is 6.92 Å². The zero-order valence-corrected chi connectivity index (χ0v) is 18.2. The topological polar surface area (TPSA) is 62.8 Å². The maximum Gasteiger partial charge on any atom is 0.261 e. The van der Waals surface area contributed by atoms with Crippen LogP contribution in [0.5, 0.6) is 5.75 Å². The summed E-state index contributed by atoms with van der Waals surface area (Å²) in [6.07, 6.45) is 0. The number of rotatable bonds is 4. The van der Waals surface area contributed by atoms with Gasteiger partial charge in [-0.3, -0.25) is 10.1 Å². The lowest BCUT2D eigenvalue weighted by Gasteiger charge is -2.30. The highest BCUT2D eigenvalue weighted by molar-refractivity contribution is 9.10. The summed E-state index contributed by atoms with van der Waals surface area (Å²) in [6.45, 7) is 4.89. The van der Waals surface area contributed by atoms with Gasteiger partial charge >= 0.3 is 0 Å². The van der Waals surface area contributed by atoms with E-state index in [1.165, 1.54) is 0 Å². The molecule has 8 heteroatoms. The molecule has 1 aliphatic heterocycles. The summed E-state index contributed by atoms with van der Waals surface area (Å²) in [7, 11) is 1.54. The molecule has 1 saturated heterocycles. The van der Waals surface area contributed by atoms with Crippen LogP contribution in [0.4, 0.5) is 11.4 Å². The number of anilines is 2. The second kappa shape index (κ2) is 9.36. The lowest BCUT2D eigenvalue weighted by Crippen LogP contribution is -2.38. The number of morpholine rings is 1. The summed E-state index contributed by atoms with van der Waals surface area (Å²) >= 11 is 8.80. The number of ether oxygens (including phenoxy) is 2. The van der Waals surface area contributed by atoms with Gasteiger partial charge in [-0.1, -0.05) is 28.1 Å². The average molecular weight is 464 g/mol. The van der Waals surface area contributed by atoms with Crippen LogP contribution in [0.2, 0.25) is 0 Å². The number of nitrogens with zero attached hydrogens (tertiary/aromatic N) is 1. The standard InChI is InChI=1S/C20H22BrN3O3S/c1-13-11-14(21)12-15(18(13)26-2)19(25)23-20(28)22-16-5-3-4-6-17(16)24-7-9-27-10-8-24/h3-6,11-12H,7-10H2,1-2H3,(H2,22,23,25,28). The van der Waals surface area contributed by atoms with E-state index in [9.17, 15) is 4.79 Å². The van der Waals surface area contributed by atoms with E-state index in [0.29, 0.717) is 24.5 Å². The zero-order valence-electron chi connectivity index (χ0n) is 15.8. The van der Waals surface area contributed by atoms with Crippen molar-refractivity contribution in [3.8, 4) is 5.75 Å². The van der Waals surface area contributed by atoms with Crippen LogP contribution in [0.3, 0.4) is 0 Å². The van der Waals surface area contributed by atoms with Gasteiger partial charge in [-0.15, -0.1) is 0 Å². The van der Waals surface area contributed by atoms with Gasteiger partial charge < -0.3 is 19.7 Å². The number of methoxy groups -OCH3 is 1. The number of thiocarbonyl (C=S) groups is 1. The Balaban J connectivity index is 1.74. The Hall–Kier alpha value is -2.16. The number of amides is 1. The lowest BCUT2D eigenvalue weighted by atomic mass is 10.1. The van der Waals surface area contributed by atoms with Gasteiger partial charge in [-0.25, -0.2) is 0 Å². The Morgan fingerprint density at radius 1 is 1.25 bits per heavy atom. The fourth-order valence-electron chi connectivity index (χ4n) is 3.15. The molecule has 0 aromatic heterocycles. The highest BCUT2D eigenvalue weighted by atomic mass is 79.9. The molecule has 0 aliphatic carbocycles. The largest absolute Gasteiger partial charge is 0.496 e. The van der Waals surface area contributed by atoms with Gasteiger partial charge in [0.1, 0.15) is 5.75 Å². The van der Waals surface area contributed by atoms with E-state index < -0.39 is 0 Å². The summed E-state index contributed by atoms with van der Waals surface area (Å²) in [6, 6.07) is 11.5. The Labute approximate surface area is 178 Å². The monoisotopic (exact) mass is 463 g/mol. The molecule has 1 aliphatic rings. The van der Waals surface area contributed by atoms with Crippen molar-refractivity contribution in [2.24, 2.45) is 0 Å². The molecule has 2 aromatic carbocycles. The van der Waals surface area contributed by atoms with Crippen LogP contribution >= 0.6 is 28.1 Å². The van der Waals surface area contributed by atoms with E-state index in [0.717, 1.165) is 34.5 Å². The zero-order chi connectivity index (χ0) is 20.1. The van der Waals surface area contributed by atoms with E-state index in [1.54, 1.807) is 13.2 Å². The molecule has 0 bridgehead atoms. The smallest absolute Gasteiger partial charge is 0.261 e. The quantitative estimate of drug-likeness (QED) is 0.673. The molecule has 1 fully saturated rings. The van der Waals surface area contributed by atoms with Crippen molar-refractivity contribution in [2.45, 2.75) is 6.92 Å². The minimum Gasteiger partial charge on any atom is -0.496 e. The first kappa shape index (κ1) is 20.6. The van der Waals surface area contributed by atoms with Gasteiger partial charge in [0.25, 0.3) is 5.91 Å². The van der Waals surface area contributed by atoms with Crippen molar-refractivity contribution in [2.75, 3.05) is 43.6 Å². The molecule has 2 aromatic rings. The molecule has 0 unspecified atom stereocenters. The molecule has 6 nitrogen and oxygen atoms in total. The summed E-state index contributed by atoms with van der Waals surface area (Å²) < 4.78 is 11.6. The lowest BCUT2D eigenvalue weighted by molar-refractivity contribution is 0.0974. The van der Waals surface area contributed by atoms with Gasteiger partial charge in [0.15, 0.2) is 5.11 Å². The highest BCUT2D eigenvalue weighted by Gasteiger charge is 2.18. The number of para-hydroxylation sites is 2. The first-order valence-electron chi connectivity index (χ1n) is 8.88. The number of hydrogen-bond acceptors (Lipinski definition) is 5. The second-order valence-corrected chi connectivity index (χ2v) is 7.65. The first-order chi connectivity index (χ1) is 13.5. The van der Waals surface area contributed by atoms with E-state index in [1.807, 2.05) is 37.3 Å². The van der Waals surface area contributed by atoms with Crippen molar-refractivity contribution in [3.05, 3.63) is 52.0 Å². The average Bonchev–Trinajstić information content (AvgIpc) is 2.68. The van der Waals surface area contributed by atoms with E-state index in [-0.39, 0.29) is 11.0 Å². The number of nitrogens with one attached hydrogen (secondary N) is 2. The predicted molar refractivity (Wildman–Crippen MR) is 119 cm³/mol. The third kappa shape index (κ3) is 4.81. The van der Waals surface area contributed by atoms with E-state index >= 15 is 0 Å². The van der Waals surface area contributed by atoms with Crippen molar-refractivity contribution >= 4 is 50.5 Å². The van der Waals surface area contributed by atoms with Crippen LogP contribution in [0.15, 0.2) is 40.9 Å². The van der Waals surface area contributed by atoms with Crippen molar-refractivity contribution < 1.29 is 14.3 Å². The Bertz CT molecular complexity index is 885. The molecule has 0 atom stereocenters. The summed E-state index contributed by atoms with van der Waals surface area (Å²) in [5.41, 5.74) is 3.14. The number of carbonyl (C=O) groups is 1. The maximum atomic E-state index is 12.7. The van der Waals surface area contributed by atoms with E-state index in [2.05, 4.69) is 31.5 Å². The summed E-state index contributed by atoms with van der Waals surface area (Å²) in [4.78, 5) is 15.0. The molecule has 148 valence electrons. The molecule has 1 heterocycles. The Morgan fingerprint density at radius 3 is 2.68 bits per heavy atom. The second-order valence-electron chi connectivity index (χ2n) is 6.33. The molecule has 1 amide bonds. The molecule has 3 rings (SSSR count). The van der Waals surface area contributed by atoms with Gasteiger partial charge in [0.05, 0.1) is 37.3 Å². The SMILES string of the molecule is COc1c(C)cc(Br)cc1C(=O)NC(=S)Nc1ccccc1N1CCOCC1. The van der Waals surface area contributed by atoms with Crippen LogP contribution in [0.1, 0.15) is 15.9 Å². The molecular weight excluding hydrogens is 442 g/mol. The fraction of sp³-hybridized carbons (Fsp3) is 0.300. The minimum atomic E-state index is -0.331. The number of hydrogen-bond donors (Lipinski definition) is 2. The molecular formula is C20H22BrN3O3S. The first-order valence-corrected chi connectivity index (χ1v) is 10.1. The van der Waals surface area contributed by atoms with Crippen LogP contribution in [-0.2, 0) is 4.74 Å². The van der Waals surface area contributed by atoms with Gasteiger partial charge in [0.2, 0.25) is 0 Å². The third-order valence-electron chi connectivity index (χ3n) is 4.42. The van der Waals surface area contributed by atoms with Gasteiger partial charge in [0, 0.05) is 17.6 Å². The Kier molecular flexibility index (Phi) is 6.88. The minimum absolute atomic E-state index is 0.227. The van der Waals surface area contributed by atoms with Gasteiger partial charge in [-0.05, 0) is 49.0 Å². The van der Waals surface area contributed by atoms with Crippen molar-refractivity contribution in [1.29, 1.82) is 0 Å². The van der Waals surface area contributed by atoms with Crippen LogP contribution in [0.25, 0.3) is 0 Å².